The molecular weight excluding hydrogens is 204 g/mol. The summed E-state index contributed by atoms with van der Waals surface area (Å²) in [7, 11) is 0. The number of imidazole rings is 1. The van der Waals surface area contributed by atoms with Crippen molar-refractivity contribution in [1.82, 2.24) is 9.55 Å². The normalized spacial score (nSPS) is 20.9. The third kappa shape index (κ3) is 1.65. The molecule has 1 aromatic heterocycles. The molecule has 2 N–H and O–H groups in total. The van der Waals surface area contributed by atoms with E-state index >= 15 is 0 Å². The first kappa shape index (κ1) is 9.96. The van der Waals surface area contributed by atoms with Crippen LogP contribution in [-0.2, 0) is 19.4 Å². The van der Waals surface area contributed by atoms with Gasteiger partial charge < -0.3 is 14.8 Å². The molecule has 0 bridgehead atoms. The maximum atomic E-state index is 9.50. The summed E-state index contributed by atoms with van der Waals surface area (Å²) in [5.74, 6) is 0.770. The molecule has 1 aromatic rings. The number of rotatable bonds is 2. The standard InChI is InChI=1S/C9H13ClN2O2/c10-9-7-2-1-6(14)5-12(7)8(11-9)3-4-13/h6,13-14H,1-5H2. The lowest BCUT2D eigenvalue weighted by Crippen LogP contribution is -2.25. The molecule has 0 saturated carbocycles. The first-order chi connectivity index (χ1) is 6.72. The van der Waals surface area contributed by atoms with Crippen LogP contribution in [0.3, 0.4) is 0 Å². The smallest absolute Gasteiger partial charge is 0.150 e. The van der Waals surface area contributed by atoms with Gasteiger partial charge in [0.05, 0.1) is 24.9 Å². The van der Waals surface area contributed by atoms with E-state index in [-0.39, 0.29) is 12.7 Å². The van der Waals surface area contributed by atoms with E-state index in [1.54, 1.807) is 0 Å². The predicted octanol–water partition coefficient (Wildman–Crippen LogP) is 0.378. The monoisotopic (exact) mass is 216 g/mol. The Morgan fingerprint density at radius 3 is 3.07 bits per heavy atom. The Morgan fingerprint density at radius 1 is 1.57 bits per heavy atom. The largest absolute Gasteiger partial charge is 0.396 e. The van der Waals surface area contributed by atoms with Crippen LogP contribution in [-0.4, -0.2) is 32.5 Å². The topological polar surface area (TPSA) is 58.3 Å². The van der Waals surface area contributed by atoms with Crippen LogP contribution in [0.4, 0.5) is 0 Å². The van der Waals surface area contributed by atoms with E-state index in [4.69, 9.17) is 16.7 Å². The van der Waals surface area contributed by atoms with Crippen molar-refractivity contribution >= 4 is 11.6 Å². The molecule has 14 heavy (non-hydrogen) atoms. The highest BCUT2D eigenvalue weighted by Crippen LogP contribution is 2.24. The molecule has 5 heteroatoms. The van der Waals surface area contributed by atoms with E-state index in [0.29, 0.717) is 18.1 Å². The number of hydrogen-bond donors (Lipinski definition) is 2. The van der Waals surface area contributed by atoms with Gasteiger partial charge in [-0.2, -0.15) is 0 Å². The quantitative estimate of drug-likeness (QED) is 0.752. The van der Waals surface area contributed by atoms with Crippen molar-refractivity contribution in [2.75, 3.05) is 6.61 Å². The number of aliphatic hydroxyl groups excluding tert-OH is 2. The molecule has 0 saturated heterocycles. The molecule has 1 aliphatic heterocycles. The van der Waals surface area contributed by atoms with Crippen LogP contribution < -0.4 is 0 Å². The maximum Gasteiger partial charge on any atom is 0.150 e. The zero-order valence-electron chi connectivity index (χ0n) is 7.78. The van der Waals surface area contributed by atoms with Gasteiger partial charge in [-0.05, 0) is 12.8 Å². The Bertz CT molecular complexity index is 338. The van der Waals surface area contributed by atoms with Crippen molar-refractivity contribution in [2.45, 2.75) is 31.9 Å². The van der Waals surface area contributed by atoms with Crippen LogP contribution in [0.5, 0.6) is 0 Å². The van der Waals surface area contributed by atoms with E-state index in [0.717, 1.165) is 24.4 Å². The van der Waals surface area contributed by atoms with Crippen molar-refractivity contribution in [3.8, 4) is 0 Å². The van der Waals surface area contributed by atoms with Crippen LogP contribution in [0.1, 0.15) is 17.9 Å². The first-order valence-corrected chi connectivity index (χ1v) is 5.13. The SMILES string of the molecule is OCCc1nc(Cl)c2n1CC(O)CC2. The molecule has 1 unspecified atom stereocenters. The van der Waals surface area contributed by atoms with Gasteiger partial charge in [-0.15, -0.1) is 0 Å². The minimum Gasteiger partial charge on any atom is -0.396 e. The summed E-state index contributed by atoms with van der Waals surface area (Å²) in [6, 6.07) is 0. The van der Waals surface area contributed by atoms with Gasteiger partial charge >= 0.3 is 0 Å². The molecule has 0 amide bonds. The Hall–Kier alpha value is -0.580. The van der Waals surface area contributed by atoms with Gasteiger partial charge in [0, 0.05) is 6.42 Å². The van der Waals surface area contributed by atoms with Crippen LogP contribution in [0.15, 0.2) is 0 Å². The maximum absolute atomic E-state index is 9.50. The summed E-state index contributed by atoms with van der Waals surface area (Å²) >= 11 is 5.95. The molecule has 78 valence electrons. The Morgan fingerprint density at radius 2 is 2.36 bits per heavy atom. The Kier molecular flexibility index (Phi) is 2.76. The van der Waals surface area contributed by atoms with Gasteiger partial charge in [0.15, 0.2) is 5.15 Å². The minimum absolute atomic E-state index is 0.0584. The van der Waals surface area contributed by atoms with Crippen molar-refractivity contribution in [1.29, 1.82) is 0 Å². The fraction of sp³-hybridized carbons (Fsp3) is 0.667. The van der Waals surface area contributed by atoms with Crippen LogP contribution >= 0.6 is 11.6 Å². The second kappa shape index (κ2) is 3.88. The van der Waals surface area contributed by atoms with Gasteiger partial charge in [0.1, 0.15) is 5.82 Å². The molecule has 1 atom stereocenters. The van der Waals surface area contributed by atoms with Crippen LogP contribution in [0, 0.1) is 0 Å². The van der Waals surface area contributed by atoms with Crippen molar-refractivity contribution in [2.24, 2.45) is 0 Å². The lowest BCUT2D eigenvalue weighted by atomic mass is 10.1. The molecule has 0 radical (unpaired) electrons. The third-order valence-corrected chi connectivity index (χ3v) is 2.85. The van der Waals surface area contributed by atoms with Crippen LogP contribution in [0.25, 0.3) is 0 Å². The fourth-order valence-electron chi connectivity index (χ4n) is 1.86. The summed E-state index contributed by atoms with van der Waals surface area (Å²) < 4.78 is 1.92. The second-order valence-corrected chi connectivity index (χ2v) is 3.90. The summed E-state index contributed by atoms with van der Waals surface area (Å²) in [6.45, 7) is 0.604. The number of halogens is 1. The van der Waals surface area contributed by atoms with E-state index < -0.39 is 0 Å². The van der Waals surface area contributed by atoms with E-state index in [1.807, 2.05) is 4.57 Å². The molecular formula is C9H13ClN2O2. The van der Waals surface area contributed by atoms with E-state index in [1.165, 1.54) is 0 Å². The average molecular weight is 217 g/mol. The van der Waals surface area contributed by atoms with Crippen molar-refractivity contribution in [3.63, 3.8) is 0 Å². The predicted molar refractivity (Wildman–Crippen MR) is 52.4 cm³/mol. The zero-order valence-corrected chi connectivity index (χ0v) is 8.54. The number of aliphatic hydroxyl groups is 2. The van der Waals surface area contributed by atoms with Gasteiger partial charge in [0.25, 0.3) is 0 Å². The van der Waals surface area contributed by atoms with Crippen molar-refractivity contribution < 1.29 is 10.2 Å². The van der Waals surface area contributed by atoms with Gasteiger partial charge in [-0.25, -0.2) is 4.98 Å². The lowest BCUT2D eigenvalue weighted by Gasteiger charge is -2.21. The third-order valence-electron chi connectivity index (χ3n) is 2.55. The minimum atomic E-state index is -0.315. The van der Waals surface area contributed by atoms with Crippen LogP contribution in [0.2, 0.25) is 5.15 Å². The number of fused-ring (bicyclic) bond motifs is 1. The molecule has 0 fully saturated rings. The highest BCUT2D eigenvalue weighted by atomic mass is 35.5. The lowest BCUT2D eigenvalue weighted by molar-refractivity contribution is 0.129. The molecule has 2 rings (SSSR count). The number of aromatic nitrogens is 2. The van der Waals surface area contributed by atoms with Gasteiger partial charge in [-0.3, -0.25) is 0 Å². The zero-order chi connectivity index (χ0) is 10.1. The van der Waals surface area contributed by atoms with Crippen molar-refractivity contribution in [3.05, 3.63) is 16.7 Å². The summed E-state index contributed by atoms with van der Waals surface area (Å²) in [6.07, 6.45) is 1.68. The number of nitrogens with zero attached hydrogens (tertiary/aromatic N) is 2. The summed E-state index contributed by atoms with van der Waals surface area (Å²) in [5.41, 5.74) is 0.986. The summed E-state index contributed by atoms with van der Waals surface area (Å²) in [5, 5.41) is 18.9. The highest BCUT2D eigenvalue weighted by molar-refractivity contribution is 6.30. The van der Waals surface area contributed by atoms with E-state index in [2.05, 4.69) is 4.98 Å². The average Bonchev–Trinajstić information content (AvgIpc) is 2.44. The van der Waals surface area contributed by atoms with Gasteiger partial charge in [-0.1, -0.05) is 11.6 Å². The summed E-state index contributed by atoms with van der Waals surface area (Å²) in [4.78, 5) is 4.17. The van der Waals surface area contributed by atoms with Gasteiger partial charge in [0.2, 0.25) is 0 Å². The first-order valence-electron chi connectivity index (χ1n) is 4.75. The highest BCUT2D eigenvalue weighted by Gasteiger charge is 2.22. The molecule has 2 heterocycles. The van der Waals surface area contributed by atoms with E-state index in [9.17, 15) is 5.11 Å². The molecule has 4 nitrogen and oxygen atoms in total. The second-order valence-electron chi connectivity index (χ2n) is 3.54. The molecule has 0 spiro atoms. The molecule has 0 aromatic carbocycles. The molecule has 0 aliphatic carbocycles. The number of hydrogen-bond acceptors (Lipinski definition) is 3. The fourth-order valence-corrected chi connectivity index (χ4v) is 2.15. The Balaban J connectivity index is 2.34. The Labute approximate surface area is 87.1 Å². The molecule has 1 aliphatic rings.